The summed E-state index contributed by atoms with van der Waals surface area (Å²) in [4.78, 5) is 11.0. The van der Waals surface area contributed by atoms with Gasteiger partial charge in [-0.25, -0.2) is 9.36 Å². The SMILES string of the molecule is O=POC(C[C@H](O)CNCCc1cccc(C(=O)O)c1)C1CCCCC1. The third-order valence-corrected chi connectivity index (χ3v) is 5.36. The van der Waals surface area contributed by atoms with Crippen LogP contribution < -0.4 is 5.32 Å². The van der Waals surface area contributed by atoms with Crippen molar-refractivity contribution in [2.45, 2.75) is 57.2 Å². The summed E-state index contributed by atoms with van der Waals surface area (Å²) in [5.41, 5.74) is 1.23. The highest BCUT2D eigenvalue weighted by molar-refractivity contribution is 7.17. The molecule has 1 aromatic rings. The molecule has 0 spiro atoms. The molecule has 0 heterocycles. The van der Waals surface area contributed by atoms with Gasteiger partial charge in [0.25, 0.3) is 0 Å². The Balaban J connectivity index is 1.71. The van der Waals surface area contributed by atoms with Crippen molar-refractivity contribution in [2.24, 2.45) is 5.92 Å². The molecule has 1 aliphatic rings. The van der Waals surface area contributed by atoms with Gasteiger partial charge in [0, 0.05) is 13.0 Å². The Kier molecular flexibility index (Phi) is 9.19. The summed E-state index contributed by atoms with van der Waals surface area (Å²) < 4.78 is 16.2. The Morgan fingerprint density at radius 2 is 2.08 bits per heavy atom. The van der Waals surface area contributed by atoms with Crippen molar-refractivity contribution in [2.75, 3.05) is 13.1 Å². The normalized spacial score (nSPS) is 17.9. The van der Waals surface area contributed by atoms with Crippen molar-refractivity contribution in [1.82, 2.24) is 5.32 Å². The van der Waals surface area contributed by atoms with Crippen LogP contribution in [-0.2, 0) is 15.5 Å². The first kappa shape index (κ1) is 21.0. The number of hydrogen-bond acceptors (Lipinski definition) is 5. The number of carbonyl (C=O) groups is 1. The number of benzene rings is 1. The fourth-order valence-corrected chi connectivity index (χ4v) is 3.96. The second kappa shape index (κ2) is 11.4. The highest BCUT2D eigenvalue weighted by Crippen LogP contribution is 2.31. The van der Waals surface area contributed by atoms with Gasteiger partial charge in [-0.05, 0) is 49.4 Å². The molecular weight excluding hydrogens is 353 g/mol. The van der Waals surface area contributed by atoms with Crippen LogP contribution >= 0.6 is 8.69 Å². The summed E-state index contributed by atoms with van der Waals surface area (Å²) in [5.74, 6) is -0.555. The number of nitrogens with one attached hydrogen (secondary N) is 1. The highest BCUT2D eigenvalue weighted by atomic mass is 31.1. The number of aliphatic hydroxyl groups is 1. The molecule has 0 aromatic heterocycles. The fourth-order valence-electron chi connectivity index (χ4n) is 3.60. The number of aromatic carboxylic acids is 1. The van der Waals surface area contributed by atoms with Crippen molar-refractivity contribution in [3.63, 3.8) is 0 Å². The summed E-state index contributed by atoms with van der Waals surface area (Å²) >= 11 is 0. The molecule has 6 nitrogen and oxygen atoms in total. The van der Waals surface area contributed by atoms with Crippen molar-refractivity contribution in [3.8, 4) is 0 Å². The minimum Gasteiger partial charge on any atom is -0.478 e. The molecule has 2 atom stereocenters. The van der Waals surface area contributed by atoms with Crippen molar-refractivity contribution in [1.29, 1.82) is 0 Å². The summed E-state index contributed by atoms with van der Waals surface area (Å²) in [6.45, 7) is 1.08. The number of aliphatic hydroxyl groups excluding tert-OH is 1. The van der Waals surface area contributed by atoms with E-state index in [1.165, 1.54) is 19.3 Å². The standard InChI is InChI=1S/C19H28NO5P/c21-17(12-18(25-26-24)15-6-2-1-3-7-15)13-20-10-9-14-5-4-8-16(11-14)19(22)23/h4-5,8,11,15,17-18,20-21H,1-3,6-7,9-10,12-13H2,(H,22,23)/t17-,18?/m0/s1. The van der Waals surface area contributed by atoms with Gasteiger partial charge in [-0.15, -0.1) is 0 Å². The monoisotopic (exact) mass is 381 g/mol. The van der Waals surface area contributed by atoms with Gasteiger partial charge in [0.1, 0.15) is 0 Å². The average Bonchev–Trinajstić information content (AvgIpc) is 2.66. The molecule has 1 aliphatic carbocycles. The summed E-state index contributed by atoms with van der Waals surface area (Å²) in [6, 6.07) is 6.87. The second-order valence-corrected chi connectivity index (χ2v) is 7.33. The zero-order valence-electron chi connectivity index (χ0n) is 15.0. The van der Waals surface area contributed by atoms with Gasteiger partial charge < -0.3 is 15.5 Å². The molecule has 1 fully saturated rings. The van der Waals surface area contributed by atoms with E-state index in [1.54, 1.807) is 18.2 Å². The Morgan fingerprint density at radius 3 is 2.77 bits per heavy atom. The van der Waals surface area contributed by atoms with Gasteiger partial charge in [-0.1, -0.05) is 31.4 Å². The maximum Gasteiger partial charge on any atom is 0.335 e. The van der Waals surface area contributed by atoms with Gasteiger partial charge in [-0.2, -0.15) is 0 Å². The van der Waals surface area contributed by atoms with Crippen LogP contribution in [0, 0.1) is 5.92 Å². The van der Waals surface area contributed by atoms with Gasteiger partial charge in [-0.3, -0.25) is 4.52 Å². The lowest BCUT2D eigenvalue weighted by molar-refractivity contribution is 0.0555. The summed E-state index contributed by atoms with van der Waals surface area (Å²) in [5, 5.41) is 22.5. The Hall–Kier alpha value is -1.33. The van der Waals surface area contributed by atoms with Crippen LogP contribution in [0.3, 0.4) is 0 Å². The zero-order chi connectivity index (χ0) is 18.8. The molecule has 7 heteroatoms. The fraction of sp³-hybridized carbons (Fsp3) is 0.632. The van der Waals surface area contributed by atoms with E-state index in [2.05, 4.69) is 5.32 Å². The number of hydrogen-bond donors (Lipinski definition) is 3. The van der Waals surface area contributed by atoms with Crippen LogP contribution in [0.25, 0.3) is 0 Å². The average molecular weight is 381 g/mol. The van der Waals surface area contributed by atoms with Gasteiger partial charge >= 0.3 is 14.7 Å². The predicted molar refractivity (Wildman–Crippen MR) is 99.7 cm³/mol. The molecule has 26 heavy (non-hydrogen) atoms. The van der Waals surface area contributed by atoms with Crippen molar-refractivity contribution in [3.05, 3.63) is 35.4 Å². The van der Waals surface area contributed by atoms with Crippen LogP contribution in [0.15, 0.2) is 24.3 Å². The highest BCUT2D eigenvalue weighted by Gasteiger charge is 2.26. The molecule has 0 aliphatic heterocycles. The molecule has 2 rings (SSSR count). The number of rotatable bonds is 11. The quantitative estimate of drug-likeness (QED) is 0.401. The van der Waals surface area contributed by atoms with Crippen LogP contribution in [0.4, 0.5) is 0 Å². The smallest absolute Gasteiger partial charge is 0.335 e. The molecule has 1 aromatic carbocycles. The van der Waals surface area contributed by atoms with E-state index in [-0.39, 0.29) is 20.4 Å². The molecule has 0 saturated heterocycles. The lowest BCUT2D eigenvalue weighted by atomic mass is 9.83. The molecule has 0 bridgehead atoms. The minimum absolute atomic E-state index is 0.168. The lowest BCUT2D eigenvalue weighted by Crippen LogP contribution is -2.34. The second-order valence-electron chi connectivity index (χ2n) is 6.97. The third kappa shape index (κ3) is 7.12. The van der Waals surface area contributed by atoms with Crippen LogP contribution in [0.2, 0.25) is 0 Å². The topological polar surface area (TPSA) is 95.9 Å². The Morgan fingerprint density at radius 1 is 1.31 bits per heavy atom. The first-order chi connectivity index (χ1) is 12.6. The van der Waals surface area contributed by atoms with E-state index < -0.39 is 12.1 Å². The van der Waals surface area contributed by atoms with E-state index >= 15 is 0 Å². The molecule has 0 radical (unpaired) electrons. The van der Waals surface area contributed by atoms with E-state index in [0.717, 1.165) is 18.4 Å². The third-order valence-electron chi connectivity index (χ3n) is 5.00. The largest absolute Gasteiger partial charge is 0.478 e. The van der Waals surface area contributed by atoms with E-state index in [1.807, 2.05) is 6.07 Å². The van der Waals surface area contributed by atoms with Crippen LogP contribution in [0.1, 0.15) is 54.4 Å². The maximum atomic E-state index is 11.0. The Labute approximate surface area is 156 Å². The van der Waals surface area contributed by atoms with Crippen molar-refractivity contribution >= 4 is 14.7 Å². The maximum absolute atomic E-state index is 11.0. The molecule has 144 valence electrons. The molecule has 0 amide bonds. The first-order valence-corrected chi connectivity index (χ1v) is 10.0. The molecule has 3 N–H and O–H groups in total. The van der Waals surface area contributed by atoms with Gasteiger partial charge in [0.05, 0.1) is 17.8 Å². The predicted octanol–water partition coefficient (Wildman–Crippen LogP) is 3.44. The first-order valence-electron chi connectivity index (χ1n) is 9.29. The van der Waals surface area contributed by atoms with Gasteiger partial charge in [0.2, 0.25) is 0 Å². The van der Waals surface area contributed by atoms with Crippen LogP contribution in [0.5, 0.6) is 0 Å². The van der Waals surface area contributed by atoms with E-state index in [0.29, 0.717) is 31.8 Å². The lowest BCUT2D eigenvalue weighted by Gasteiger charge is -2.29. The van der Waals surface area contributed by atoms with E-state index in [9.17, 15) is 14.5 Å². The van der Waals surface area contributed by atoms with Crippen LogP contribution in [-0.4, -0.2) is 41.5 Å². The van der Waals surface area contributed by atoms with E-state index in [4.69, 9.17) is 9.63 Å². The molecular formula is C19H28NO5P. The van der Waals surface area contributed by atoms with Gasteiger partial charge in [0.15, 0.2) is 0 Å². The number of carboxylic acid groups (broad SMARTS) is 1. The number of carboxylic acids is 1. The summed E-state index contributed by atoms with van der Waals surface area (Å²) in [7, 11) is -0.321. The minimum atomic E-state index is -0.929. The Bertz CT molecular complexity index is 577. The van der Waals surface area contributed by atoms with Crippen molar-refractivity contribution < 1.29 is 24.1 Å². The summed E-state index contributed by atoms with van der Waals surface area (Å²) in [6.07, 6.45) is 6.16. The molecule has 1 unspecified atom stereocenters. The molecule has 1 saturated carbocycles. The zero-order valence-corrected chi connectivity index (χ0v) is 15.9.